The van der Waals surface area contributed by atoms with Gasteiger partial charge in [-0.25, -0.2) is 17.6 Å². The van der Waals surface area contributed by atoms with E-state index in [-0.39, 0.29) is 23.0 Å². The molecule has 2 aromatic carbocycles. The third kappa shape index (κ3) is 6.34. The number of amides is 2. The van der Waals surface area contributed by atoms with Crippen molar-refractivity contribution in [1.29, 1.82) is 0 Å². The van der Waals surface area contributed by atoms with Gasteiger partial charge in [0.2, 0.25) is 0 Å². The van der Waals surface area contributed by atoms with Crippen molar-refractivity contribution in [2.75, 3.05) is 19.0 Å². The van der Waals surface area contributed by atoms with Gasteiger partial charge in [-0.3, -0.25) is 4.79 Å². The molecule has 2 rings (SSSR count). The lowest BCUT2D eigenvalue weighted by Gasteiger charge is -2.08. The van der Waals surface area contributed by atoms with Crippen molar-refractivity contribution in [3.63, 3.8) is 0 Å². The first-order valence-corrected chi connectivity index (χ1v) is 10.2. The summed E-state index contributed by atoms with van der Waals surface area (Å²) in [4.78, 5) is 23.2. The number of sulfone groups is 1. The predicted octanol–water partition coefficient (Wildman–Crippen LogP) is 2.28. The Kier molecular flexibility index (Phi) is 7.51. The number of hydrogen-bond donors (Lipinski definition) is 2. The van der Waals surface area contributed by atoms with Gasteiger partial charge in [0, 0.05) is 12.1 Å². The molecule has 0 unspecified atom stereocenters. The Hall–Kier alpha value is -2.94. The zero-order chi connectivity index (χ0) is 20.6. The minimum atomic E-state index is -3.68. The molecule has 0 heterocycles. The van der Waals surface area contributed by atoms with Crippen LogP contribution in [0.1, 0.15) is 22.8 Å². The molecule has 7 nitrogen and oxygen atoms in total. The largest absolute Gasteiger partial charge is 0.450 e. The zero-order valence-electron chi connectivity index (χ0n) is 15.3. The molecule has 28 heavy (non-hydrogen) atoms. The molecule has 150 valence electrons. The molecule has 2 amide bonds. The number of benzene rings is 2. The molecule has 0 bridgehead atoms. The van der Waals surface area contributed by atoms with Crippen molar-refractivity contribution < 1.29 is 27.1 Å². The molecule has 0 radical (unpaired) electrons. The molecule has 0 aliphatic rings. The van der Waals surface area contributed by atoms with Crippen molar-refractivity contribution in [1.82, 2.24) is 10.6 Å². The lowest BCUT2D eigenvalue weighted by Crippen LogP contribution is -2.30. The standard InChI is InChI=1S/C19H21FN2O5S/c1-2-27-19(24)22-13-28(25,26)17-8-6-14(7-9-17)10-11-21-18(23)15-4-3-5-16(20)12-15/h3-9,12H,2,10-11,13H2,1H3,(H,21,23)(H,22,24). The van der Waals surface area contributed by atoms with Gasteiger partial charge in [0.15, 0.2) is 9.84 Å². The van der Waals surface area contributed by atoms with Crippen LogP contribution in [0.15, 0.2) is 53.4 Å². The van der Waals surface area contributed by atoms with Gasteiger partial charge in [0.1, 0.15) is 11.7 Å². The van der Waals surface area contributed by atoms with Gasteiger partial charge in [0.25, 0.3) is 5.91 Å². The fourth-order valence-electron chi connectivity index (χ4n) is 2.34. The number of carbonyl (C=O) groups excluding carboxylic acids is 2. The third-order valence-electron chi connectivity index (χ3n) is 3.75. The summed E-state index contributed by atoms with van der Waals surface area (Å²) in [6, 6.07) is 11.5. The first kappa shape index (κ1) is 21.4. The monoisotopic (exact) mass is 408 g/mol. The van der Waals surface area contributed by atoms with Crippen molar-refractivity contribution in [2.45, 2.75) is 18.2 Å². The van der Waals surface area contributed by atoms with Crippen molar-refractivity contribution in [3.05, 3.63) is 65.5 Å². The maximum absolute atomic E-state index is 13.1. The van der Waals surface area contributed by atoms with Crippen LogP contribution >= 0.6 is 0 Å². The van der Waals surface area contributed by atoms with E-state index in [1.807, 2.05) is 0 Å². The van der Waals surface area contributed by atoms with Gasteiger partial charge in [-0.2, -0.15) is 0 Å². The minimum absolute atomic E-state index is 0.0665. The fourth-order valence-corrected chi connectivity index (χ4v) is 3.36. The van der Waals surface area contributed by atoms with Crippen LogP contribution in [-0.2, 0) is 21.0 Å². The lowest BCUT2D eigenvalue weighted by molar-refractivity contribution is 0.0953. The molecule has 0 saturated carbocycles. The molecule has 0 fully saturated rings. The summed E-state index contributed by atoms with van der Waals surface area (Å²) in [5.41, 5.74) is 1.05. The molecule has 0 saturated heterocycles. The van der Waals surface area contributed by atoms with Crippen LogP contribution in [0.5, 0.6) is 0 Å². The summed E-state index contributed by atoms with van der Waals surface area (Å²) in [7, 11) is -3.68. The summed E-state index contributed by atoms with van der Waals surface area (Å²) in [6.07, 6.45) is -0.320. The number of hydrogen-bond acceptors (Lipinski definition) is 5. The highest BCUT2D eigenvalue weighted by Gasteiger charge is 2.16. The Labute approximate surface area is 162 Å². The Balaban J connectivity index is 1.86. The van der Waals surface area contributed by atoms with Crippen LogP contribution in [0, 0.1) is 5.82 Å². The van der Waals surface area contributed by atoms with Gasteiger partial charge in [0.05, 0.1) is 11.5 Å². The summed E-state index contributed by atoms with van der Waals surface area (Å²) in [6.45, 7) is 2.08. The summed E-state index contributed by atoms with van der Waals surface area (Å²) >= 11 is 0. The number of alkyl carbamates (subject to hydrolysis) is 1. The molecule has 0 aliphatic heterocycles. The van der Waals surface area contributed by atoms with Crippen LogP contribution in [0.4, 0.5) is 9.18 Å². The maximum atomic E-state index is 13.1. The van der Waals surface area contributed by atoms with Gasteiger partial charge < -0.3 is 15.4 Å². The Morgan fingerprint density at radius 3 is 2.43 bits per heavy atom. The van der Waals surface area contributed by atoms with E-state index in [9.17, 15) is 22.4 Å². The Morgan fingerprint density at radius 2 is 1.79 bits per heavy atom. The van der Waals surface area contributed by atoms with E-state index in [1.54, 1.807) is 19.1 Å². The first-order valence-electron chi connectivity index (χ1n) is 8.58. The quantitative estimate of drug-likeness (QED) is 0.698. The summed E-state index contributed by atoms with van der Waals surface area (Å²) in [5, 5.41) is 4.86. The van der Waals surface area contributed by atoms with Gasteiger partial charge in [-0.15, -0.1) is 0 Å². The molecule has 2 N–H and O–H groups in total. The molecule has 0 atom stereocenters. The smallest absolute Gasteiger partial charge is 0.407 e. The summed E-state index contributed by atoms with van der Waals surface area (Å²) in [5.74, 6) is -1.43. The van der Waals surface area contributed by atoms with E-state index in [0.29, 0.717) is 13.0 Å². The second-order valence-corrected chi connectivity index (χ2v) is 7.81. The van der Waals surface area contributed by atoms with Crippen molar-refractivity contribution in [2.24, 2.45) is 0 Å². The highest BCUT2D eigenvalue weighted by atomic mass is 32.2. The molecule has 0 aromatic heterocycles. The highest BCUT2D eigenvalue weighted by Crippen LogP contribution is 2.12. The van der Waals surface area contributed by atoms with Gasteiger partial charge >= 0.3 is 6.09 Å². The zero-order valence-corrected chi connectivity index (χ0v) is 16.1. The average Bonchev–Trinajstić information content (AvgIpc) is 2.67. The first-order chi connectivity index (χ1) is 13.3. The Morgan fingerprint density at radius 1 is 1.07 bits per heavy atom. The number of rotatable bonds is 8. The molecular formula is C19H21FN2O5S. The Bertz CT molecular complexity index is 930. The second kappa shape index (κ2) is 9.84. The SMILES string of the molecule is CCOC(=O)NCS(=O)(=O)c1ccc(CCNC(=O)c2cccc(F)c2)cc1. The predicted molar refractivity (Wildman–Crippen MR) is 101 cm³/mol. The fraction of sp³-hybridized carbons (Fsp3) is 0.263. The topological polar surface area (TPSA) is 102 Å². The van der Waals surface area contributed by atoms with Crippen LogP contribution in [0.3, 0.4) is 0 Å². The van der Waals surface area contributed by atoms with Crippen LogP contribution in [0.25, 0.3) is 0 Å². The average molecular weight is 408 g/mol. The van der Waals surface area contributed by atoms with E-state index in [0.717, 1.165) is 11.6 Å². The lowest BCUT2D eigenvalue weighted by atomic mass is 10.1. The van der Waals surface area contributed by atoms with Crippen molar-refractivity contribution >= 4 is 21.8 Å². The number of ether oxygens (including phenoxy) is 1. The molecule has 2 aromatic rings. The van der Waals surface area contributed by atoms with E-state index >= 15 is 0 Å². The van der Waals surface area contributed by atoms with Crippen LogP contribution in [-0.4, -0.2) is 39.4 Å². The highest BCUT2D eigenvalue weighted by molar-refractivity contribution is 7.91. The third-order valence-corrected chi connectivity index (χ3v) is 5.27. The number of nitrogens with one attached hydrogen (secondary N) is 2. The molecule has 0 spiro atoms. The van der Waals surface area contributed by atoms with Gasteiger partial charge in [-0.05, 0) is 49.2 Å². The molecule has 9 heteroatoms. The van der Waals surface area contributed by atoms with E-state index < -0.39 is 27.6 Å². The van der Waals surface area contributed by atoms with E-state index in [1.165, 1.54) is 30.3 Å². The number of halogens is 1. The minimum Gasteiger partial charge on any atom is -0.450 e. The van der Waals surface area contributed by atoms with Crippen molar-refractivity contribution in [3.8, 4) is 0 Å². The normalized spacial score (nSPS) is 10.9. The summed E-state index contributed by atoms with van der Waals surface area (Å²) < 4.78 is 42.1. The maximum Gasteiger partial charge on any atom is 0.407 e. The van der Waals surface area contributed by atoms with Gasteiger partial charge in [-0.1, -0.05) is 18.2 Å². The molecular weight excluding hydrogens is 387 g/mol. The van der Waals surface area contributed by atoms with Crippen LogP contribution < -0.4 is 10.6 Å². The molecule has 0 aliphatic carbocycles. The second-order valence-electron chi connectivity index (χ2n) is 5.82. The van der Waals surface area contributed by atoms with Crippen LogP contribution in [0.2, 0.25) is 0 Å². The van der Waals surface area contributed by atoms with E-state index in [2.05, 4.69) is 15.4 Å². The van der Waals surface area contributed by atoms with E-state index in [4.69, 9.17) is 0 Å². The number of carbonyl (C=O) groups is 2.